The van der Waals surface area contributed by atoms with Crippen LogP contribution < -0.4 is 5.32 Å². The molecule has 0 unspecified atom stereocenters. The van der Waals surface area contributed by atoms with Crippen molar-refractivity contribution in [2.45, 2.75) is 26.8 Å². The molecule has 1 N–H and O–H groups in total. The Morgan fingerprint density at radius 1 is 1.12 bits per heavy atom. The maximum atomic E-state index is 13.5. The molecule has 0 spiro atoms. The number of halogens is 2. The molecule has 0 aliphatic carbocycles. The molecule has 0 radical (unpaired) electrons. The number of hydrogen-bond acceptors (Lipinski definition) is 1. The molecule has 2 aromatic rings. The molecule has 0 aliphatic rings. The van der Waals surface area contributed by atoms with Crippen LogP contribution in [0.2, 0.25) is 0 Å². The molecule has 0 aromatic heterocycles. The Bertz CT molecular complexity index is 721. The van der Waals surface area contributed by atoms with Gasteiger partial charge in [-0.1, -0.05) is 44.2 Å². The maximum Gasteiger partial charge on any atom is 0.244 e. The predicted octanol–water partition coefficient (Wildman–Crippen LogP) is 4.49. The third kappa shape index (κ3) is 5.61. The van der Waals surface area contributed by atoms with Crippen molar-refractivity contribution < 1.29 is 13.6 Å². The predicted molar refractivity (Wildman–Crippen MR) is 92.2 cm³/mol. The first-order chi connectivity index (χ1) is 11.4. The summed E-state index contributed by atoms with van der Waals surface area (Å²) in [5.74, 6) is -1.03. The Morgan fingerprint density at radius 3 is 2.46 bits per heavy atom. The zero-order valence-corrected chi connectivity index (χ0v) is 13.9. The molecule has 1 amide bonds. The van der Waals surface area contributed by atoms with E-state index in [0.717, 1.165) is 18.1 Å². The number of hydrogen-bond donors (Lipinski definition) is 1. The minimum absolute atomic E-state index is 0.0165. The van der Waals surface area contributed by atoms with E-state index < -0.39 is 11.6 Å². The lowest BCUT2D eigenvalue weighted by Crippen LogP contribution is -2.20. The van der Waals surface area contributed by atoms with E-state index in [9.17, 15) is 13.6 Å². The second-order valence-electron chi connectivity index (χ2n) is 6.13. The SMILES string of the molecule is CC(C)Cc1ccc(/C=C/C(=O)NCc2ccc(F)cc2F)cc1. The van der Waals surface area contributed by atoms with Gasteiger partial charge in [-0.05, 0) is 35.6 Å². The lowest BCUT2D eigenvalue weighted by Gasteiger charge is -2.05. The second-order valence-corrected chi connectivity index (χ2v) is 6.13. The highest BCUT2D eigenvalue weighted by Gasteiger charge is 2.04. The number of carbonyl (C=O) groups is 1. The summed E-state index contributed by atoms with van der Waals surface area (Å²) in [6, 6.07) is 11.3. The van der Waals surface area contributed by atoms with Gasteiger partial charge < -0.3 is 5.32 Å². The average Bonchev–Trinajstić information content (AvgIpc) is 2.53. The van der Waals surface area contributed by atoms with Crippen molar-refractivity contribution in [3.63, 3.8) is 0 Å². The van der Waals surface area contributed by atoms with Gasteiger partial charge in [-0.25, -0.2) is 8.78 Å². The van der Waals surface area contributed by atoms with Crippen molar-refractivity contribution in [2.24, 2.45) is 5.92 Å². The smallest absolute Gasteiger partial charge is 0.244 e. The first-order valence-corrected chi connectivity index (χ1v) is 7.93. The summed E-state index contributed by atoms with van der Waals surface area (Å²) in [7, 11) is 0. The molecule has 2 nitrogen and oxygen atoms in total. The summed E-state index contributed by atoms with van der Waals surface area (Å²) >= 11 is 0. The molecule has 126 valence electrons. The van der Waals surface area contributed by atoms with E-state index in [1.54, 1.807) is 6.08 Å². The molecule has 0 heterocycles. The third-order valence-electron chi connectivity index (χ3n) is 3.52. The molecule has 0 saturated carbocycles. The minimum atomic E-state index is -0.667. The molecule has 4 heteroatoms. The minimum Gasteiger partial charge on any atom is -0.348 e. The number of nitrogens with one attached hydrogen (secondary N) is 1. The van der Waals surface area contributed by atoms with Gasteiger partial charge in [-0.15, -0.1) is 0 Å². The van der Waals surface area contributed by atoms with Gasteiger partial charge in [0.05, 0.1) is 0 Å². The Labute approximate surface area is 141 Å². The fourth-order valence-electron chi connectivity index (χ4n) is 2.31. The van der Waals surface area contributed by atoms with Crippen LogP contribution >= 0.6 is 0 Å². The van der Waals surface area contributed by atoms with E-state index in [-0.39, 0.29) is 18.0 Å². The lowest BCUT2D eigenvalue weighted by molar-refractivity contribution is -0.116. The van der Waals surface area contributed by atoms with Crippen LogP contribution in [-0.4, -0.2) is 5.91 Å². The van der Waals surface area contributed by atoms with Gasteiger partial charge in [0.25, 0.3) is 0 Å². The monoisotopic (exact) mass is 329 g/mol. The van der Waals surface area contributed by atoms with Gasteiger partial charge in [-0.3, -0.25) is 4.79 Å². The number of benzene rings is 2. The number of amides is 1. The van der Waals surface area contributed by atoms with E-state index in [2.05, 4.69) is 19.2 Å². The number of rotatable bonds is 6. The first-order valence-electron chi connectivity index (χ1n) is 7.93. The van der Waals surface area contributed by atoms with Crippen molar-refractivity contribution in [1.82, 2.24) is 5.32 Å². The van der Waals surface area contributed by atoms with Gasteiger partial charge in [0.15, 0.2) is 0 Å². The molecular weight excluding hydrogens is 308 g/mol. The van der Waals surface area contributed by atoms with E-state index in [1.807, 2.05) is 24.3 Å². The standard InChI is InChI=1S/C20H21F2NO/c1-14(2)11-16-5-3-15(4-6-16)7-10-20(24)23-13-17-8-9-18(21)12-19(17)22/h3-10,12,14H,11,13H2,1-2H3,(H,23,24)/b10-7+. The van der Waals surface area contributed by atoms with Crippen molar-refractivity contribution in [3.05, 3.63) is 76.9 Å². The van der Waals surface area contributed by atoms with Crippen LogP contribution in [0.4, 0.5) is 8.78 Å². The van der Waals surface area contributed by atoms with Crippen LogP contribution in [0, 0.1) is 17.6 Å². The molecular formula is C20H21F2NO. The molecule has 0 bridgehead atoms. The summed E-state index contributed by atoms with van der Waals surface area (Å²) in [4.78, 5) is 11.8. The maximum absolute atomic E-state index is 13.5. The van der Waals surface area contributed by atoms with Crippen LogP contribution in [-0.2, 0) is 17.8 Å². The largest absolute Gasteiger partial charge is 0.348 e. The van der Waals surface area contributed by atoms with Crippen LogP contribution in [0.3, 0.4) is 0 Å². The van der Waals surface area contributed by atoms with Crippen molar-refractivity contribution >= 4 is 12.0 Å². The van der Waals surface area contributed by atoms with Crippen LogP contribution in [0.5, 0.6) is 0 Å². The Hall–Kier alpha value is -2.49. The highest BCUT2D eigenvalue weighted by atomic mass is 19.1. The average molecular weight is 329 g/mol. The van der Waals surface area contributed by atoms with Crippen molar-refractivity contribution in [2.75, 3.05) is 0 Å². The van der Waals surface area contributed by atoms with E-state index in [4.69, 9.17) is 0 Å². The molecule has 0 saturated heterocycles. The van der Waals surface area contributed by atoms with Gasteiger partial charge in [-0.2, -0.15) is 0 Å². The van der Waals surface area contributed by atoms with Crippen LogP contribution in [0.1, 0.15) is 30.5 Å². The van der Waals surface area contributed by atoms with Crippen molar-refractivity contribution in [1.29, 1.82) is 0 Å². The Morgan fingerprint density at radius 2 is 1.83 bits per heavy atom. The topological polar surface area (TPSA) is 29.1 Å². The first kappa shape index (κ1) is 17.9. The van der Waals surface area contributed by atoms with Gasteiger partial charge >= 0.3 is 0 Å². The summed E-state index contributed by atoms with van der Waals surface area (Å²) in [5, 5.41) is 2.58. The van der Waals surface area contributed by atoms with Crippen molar-refractivity contribution in [3.8, 4) is 0 Å². The Balaban J connectivity index is 1.88. The highest BCUT2D eigenvalue weighted by Crippen LogP contribution is 2.11. The summed E-state index contributed by atoms with van der Waals surface area (Å²) in [5.41, 5.74) is 2.43. The van der Waals surface area contributed by atoms with Crippen LogP contribution in [0.15, 0.2) is 48.5 Å². The quantitative estimate of drug-likeness (QED) is 0.777. The molecule has 24 heavy (non-hydrogen) atoms. The van der Waals surface area contributed by atoms with E-state index in [1.165, 1.54) is 23.8 Å². The van der Waals surface area contributed by atoms with Gasteiger partial charge in [0, 0.05) is 24.3 Å². The van der Waals surface area contributed by atoms with Gasteiger partial charge in [0.1, 0.15) is 11.6 Å². The van der Waals surface area contributed by atoms with Gasteiger partial charge in [0.2, 0.25) is 5.91 Å². The van der Waals surface area contributed by atoms with E-state index in [0.29, 0.717) is 5.92 Å². The molecule has 2 rings (SSSR count). The molecule has 0 fully saturated rings. The summed E-state index contributed by atoms with van der Waals surface area (Å²) in [6.45, 7) is 4.35. The fourth-order valence-corrected chi connectivity index (χ4v) is 2.31. The second kappa shape index (κ2) is 8.39. The third-order valence-corrected chi connectivity index (χ3v) is 3.52. The van der Waals surface area contributed by atoms with Crippen LogP contribution in [0.25, 0.3) is 6.08 Å². The fraction of sp³-hybridized carbons (Fsp3) is 0.250. The summed E-state index contributed by atoms with van der Waals surface area (Å²) in [6.07, 6.45) is 4.13. The van der Waals surface area contributed by atoms with E-state index >= 15 is 0 Å². The Kier molecular flexibility index (Phi) is 6.24. The highest BCUT2D eigenvalue weighted by molar-refractivity contribution is 5.91. The number of carbonyl (C=O) groups excluding carboxylic acids is 1. The molecule has 2 aromatic carbocycles. The zero-order chi connectivity index (χ0) is 17.5. The molecule has 0 atom stereocenters. The normalized spacial score (nSPS) is 11.2. The zero-order valence-electron chi connectivity index (χ0n) is 13.9. The lowest BCUT2D eigenvalue weighted by atomic mass is 10.0. The molecule has 0 aliphatic heterocycles. The summed E-state index contributed by atoms with van der Waals surface area (Å²) < 4.78 is 26.3.